The maximum atomic E-state index is 5.20. The minimum Gasteiger partial charge on any atom is -0.292 e. The van der Waals surface area contributed by atoms with Crippen molar-refractivity contribution in [2.75, 3.05) is 0 Å². The quantitative estimate of drug-likeness (QED) is 0.240. The van der Waals surface area contributed by atoms with Gasteiger partial charge in [0, 0.05) is 33.4 Å². The number of hydrogen-bond donors (Lipinski definition) is 0. The molecule has 0 atom stereocenters. The highest BCUT2D eigenvalue weighted by atomic mass is 32.1. The maximum Gasteiger partial charge on any atom is 0.162 e. The van der Waals surface area contributed by atoms with Gasteiger partial charge >= 0.3 is 0 Å². The lowest BCUT2D eigenvalue weighted by atomic mass is 10.0. The first-order chi connectivity index (χ1) is 18.9. The molecule has 5 aromatic carbocycles. The van der Waals surface area contributed by atoms with E-state index in [1.807, 2.05) is 24.3 Å². The Morgan fingerprint density at radius 3 is 2.00 bits per heavy atom. The molecule has 4 heteroatoms. The molecule has 0 radical (unpaired) electrons. The summed E-state index contributed by atoms with van der Waals surface area (Å²) in [6.45, 7) is 0. The highest BCUT2D eigenvalue weighted by Crippen LogP contribution is 2.44. The Balaban J connectivity index is 1.56. The molecule has 38 heavy (non-hydrogen) atoms. The molecule has 8 rings (SSSR count). The van der Waals surface area contributed by atoms with E-state index in [0.29, 0.717) is 0 Å². The number of benzene rings is 5. The van der Waals surface area contributed by atoms with E-state index < -0.39 is 0 Å². The van der Waals surface area contributed by atoms with Crippen LogP contribution >= 0.6 is 11.3 Å². The maximum absolute atomic E-state index is 5.20. The number of nitrogens with zero attached hydrogens (tertiary/aromatic N) is 3. The second kappa shape index (κ2) is 8.37. The number of para-hydroxylation sites is 1. The predicted octanol–water partition coefficient (Wildman–Crippen LogP) is 9.28. The standard InChI is InChI=1S/C34H21N3S/c1-3-11-22(12-4-1)28-21-30(36-34(35-28)23-13-5-2-6-14-23)37-29-18-10-9-17-27(29)31-25-16-8-7-15-24(25)26-19-20-38-33(26)32(31)37/h1-21H. The summed E-state index contributed by atoms with van der Waals surface area (Å²) in [5.74, 6) is 1.59. The molecule has 178 valence electrons. The first kappa shape index (κ1) is 21.3. The molecule has 0 unspecified atom stereocenters. The van der Waals surface area contributed by atoms with Gasteiger partial charge in [-0.3, -0.25) is 4.57 Å². The van der Waals surface area contributed by atoms with Crippen molar-refractivity contribution in [1.29, 1.82) is 0 Å². The molecule has 0 aliphatic rings. The van der Waals surface area contributed by atoms with Crippen molar-refractivity contribution >= 4 is 54.0 Å². The number of aromatic nitrogens is 3. The van der Waals surface area contributed by atoms with Crippen LogP contribution in [0.3, 0.4) is 0 Å². The Morgan fingerprint density at radius 2 is 1.21 bits per heavy atom. The molecule has 8 aromatic rings. The zero-order valence-corrected chi connectivity index (χ0v) is 21.2. The van der Waals surface area contributed by atoms with Crippen molar-refractivity contribution in [3.63, 3.8) is 0 Å². The van der Waals surface area contributed by atoms with E-state index in [2.05, 4.69) is 107 Å². The van der Waals surface area contributed by atoms with Gasteiger partial charge in [0.05, 0.1) is 21.4 Å². The average molecular weight is 504 g/mol. The summed E-state index contributed by atoms with van der Waals surface area (Å²) in [6.07, 6.45) is 0. The third-order valence-corrected chi connectivity index (χ3v) is 8.21. The first-order valence-electron chi connectivity index (χ1n) is 12.7. The lowest BCUT2D eigenvalue weighted by molar-refractivity contribution is 1.05. The van der Waals surface area contributed by atoms with Gasteiger partial charge in [0.2, 0.25) is 0 Å². The fourth-order valence-electron chi connectivity index (χ4n) is 5.63. The zero-order valence-electron chi connectivity index (χ0n) is 20.4. The van der Waals surface area contributed by atoms with Gasteiger partial charge < -0.3 is 0 Å². The molecule has 3 nitrogen and oxygen atoms in total. The molecule has 0 amide bonds. The Kier molecular flexibility index (Phi) is 4.69. The van der Waals surface area contributed by atoms with Gasteiger partial charge in [0.1, 0.15) is 5.82 Å². The van der Waals surface area contributed by atoms with Crippen LogP contribution in [0.2, 0.25) is 0 Å². The van der Waals surface area contributed by atoms with E-state index in [1.165, 1.54) is 37.1 Å². The highest BCUT2D eigenvalue weighted by molar-refractivity contribution is 7.18. The van der Waals surface area contributed by atoms with Gasteiger partial charge in [0.25, 0.3) is 0 Å². The summed E-state index contributed by atoms with van der Waals surface area (Å²) in [7, 11) is 0. The van der Waals surface area contributed by atoms with Crippen molar-refractivity contribution in [3.05, 3.63) is 127 Å². The van der Waals surface area contributed by atoms with E-state index in [-0.39, 0.29) is 0 Å². The summed E-state index contributed by atoms with van der Waals surface area (Å²) in [6, 6.07) is 42.4. The number of thiophene rings is 1. The van der Waals surface area contributed by atoms with Crippen LogP contribution in [0.25, 0.3) is 71.1 Å². The molecule has 3 aromatic heterocycles. The fraction of sp³-hybridized carbons (Fsp3) is 0. The van der Waals surface area contributed by atoms with Gasteiger partial charge in [-0.15, -0.1) is 11.3 Å². The van der Waals surface area contributed by atoms with Gasteiger partial charge in [-0.2, -0.15) is 0 Å². The molecule has 0 saturated carbocycles. The van der Waals surface area contributed by atoms with Crippen LogP contribution in [-0.4, -0.2) is 14.5 Å². The third kappa shape index (κ3) is 3.14. The predicted molar refractivity (Wildman–Crippen MR) is 160 cm³/mol. The molecule has 0 fully saturated rings. The average Bonchev–Trinajstić information content (AvgIpc) is 3.62. The second-order valence-corrected chi connectivity index (χ2v) is 10.4. The molecule has 3 heterocycles. The van der Waals surface area contributed by atoms with E-state index >= 15 is 0 Å². The summed E-state index contributed by atoms with van der Waals surface area (Å²) in [4.78, 5) is 10.2. The van der Waals surface area contributed by atoms with Crippen molar-refractivity contribution in [2.24, 2.45) is 0 Å². The van der Waals surface area contributed by atoms with E-state index in [1.54, 1.807) is 11.3 Å². The van der Waals surface area contributed by atoms with Gasteiger partial charge in [0.15, 0.2) is 5.82 Å². The Bertz CT molecular complexity index is 2070. The Morgan fingerprint density at radius 1 is 0.553 bits per heavy atom. The van der Waals surface area contributed by atoms with E-state index in [9.17, 15) is 0 Å². The van der Waals surface area contributed by atoms with Crippen LogP contribution in [0, 0.1) is 0 Å². The van der Waals surface area contributed by atoms with Gasteiger partial charge in [-0.05, 0) is 28.3 Å². The van der Waals surface area contributed by atoms with Crippen LogP contribution < -0.4 is 0 Å². The largest absolute Gasteiger partial charge is 0.292 e. The molecule has 0 aliphatic heterocycles. The van der Waals surface area contributed by atoms with Crippen molar-refractivity contribution in [2.45, 2.75) is 0 Å². The fourth-order valence-corrected chi connectivity index (χ4v) is 6.58. The highest BCUT2D eigenvalue weighted by Gasteiger charge is 2.21. The molecular weight excluding hydrogens is 482 g/mol. The molecule has 0 saturated heterocycles. The Labute approximate surface area is 223 Å². The lowest BCUT2D eigenvalue weighted by Gasteiger charge is -2.13. The minimum absolute atomic E-state index is 0.719. The topological polar surface area (TPSA) is 30.7 Å². The second-order valence-electron chi connectivity index (χ2n) is 9.45. The Hall–Kier alpha value is -4.80. The van der Waals surface area contributed by atoms with Gasteiger partial charge in [-0.1, -0.05) is 103 Å². The summed E-state index contributed by atoms with van der Waals surface area (Å²) in [5, 5.41) is 8.54. The zero-order chi connectivity index (χ0) is 25.1. The normalized spacial score (nSPS) is 11.7. The van der Waals surface area contributed by atoms with Crippen molar-refractivity contribution < 1.29 is 0 Å². The van der Waals surface area contributed by atoms with Crippen molar-refractivity contribution in [1.82, 2.24) is 14.5 Å². The minimum atomic E-state index is 0.719. The van der Waals surface area contributed by atoms with Crippen LogP contribution in [0.15, 0.2) is 127 Å². The molecule has 0 aliphatic carbocycles. The summed E-state index contributed by atoms with van der Waals surface area (Å²) in [5.41, 5.74) is 5.32. The van der Waals surface area contributed by atoms with E-state index in [0.717, 1.165) is 34.0 Å². The lowest BCUT2D eigenvalue weighted by Crippen LogP contribution is -2.02. The number of hydrogen-bond acceptors (Lipinski definition) is 3. The van der Waals surface area contributed by atoms with Crippen LogP contribution in [-0.2, 0) is 0 Å². The molecule has 0 spiro atoms. The van der Waals surface area contributed by atoms with Crippen LogP contribution in [0.4, 0.5) is 0 Å². The third-order valence-electron chi connectivity index (χ3n) is 7.28. The SMILES string of the molecule is c1ccc(-c2cc(-n3c4ccccc4c4c5ccccc5c5ccsc5c43)nc(-c3ccccc3)n2)cc1. The monoisotopic (exact) mass is 503 g/mol. The first-order valence-corrected chi connectivity index (χ1v) is 13.6. The number of rotatable bonds is 3. The molecular formula is C34H21N3S. The van der Waals surface area contributed by atoms with Crippen molar-refractivity contribution in [3.8, 4) is 28.5 Å². The summed E-state index contributed by atoms with van der Waals surface area (Å²) >= 11 is 1.79. The molecule has 0 N–H and O–H groups in total. The van der Waals surface area contributed by atoms with Gasteiger partial charge in [-0.25, -0.2) is 9.97 Å². The smallest absolute Gasteiger partial charge is 0.162 e. The van der Waals surface area contributed by atoms with Crippen LogP contribution in [0.1, 0.15) is 0 Å². The van der Waals surface area contributed by atoms with Crippen LogP contribution in [0.5, 0.6) is 0 Å². The van der Waals surface area contributed by atoms with E-state index in [4.69, 9.17) is 9.97 Å². The number of fused-ring (bicyclic) bond motifs is 8. The molecule has 0 bridgehead atoms. The summed E-state index contributed by atoms with van der Waals surface area (Å²) < 4.78 is 3.62.